The first-order valence-electron chi connectivity index (χ1n) is 9.58. The third kappa shape index (κ3) is 4.10. The van der Waals surface area contributed by atoms with E-state index in [2.05, 4.69) is 65.0 Å². The highest BCUT2D eigenvalue weighted by Gasteiger charge is 2.24. The zero-order chi connectivity index (χ0) is 19.5. The lowest BCUT2D eigenvalue weighted by atomic mass is 10.2. The molecule has 0 spiro atoms. The highest BCUT2D eigenvalue weighted by Crippen LogP contribution is 2.42. The van der Waals surface area contributed by atoms with Crippen LogP contribution in [0.2, 0.25) is 0 Å². The summed E-state index contributed by atoms with van der Waals surface area (Å²) >= 11 is 3.49. The molecule has 3 heterocycles. The van der Waals surface area contributed by atoms with Gasteiger partial charge in [-0.3, -0.25) is 0 Å². The molecule has 1 atom stereocenters. The Morgan fingerprint density at radius 3 is 2.93 bits per heavy atom. The molecule has 1 aromatic carbocycles. The molecule has 1 aliphatic rings. The van der Waals surface area contributed by atoms with E-state index in [1.165, 1.54) is 10.3 Å². The molecule has 0 radical (unpaired) electrons. The van der Waals surface area contributed by atoms with Gasteiger partial charge in [0.05, 0.1) is 15.7 Å². The molecule has 4 rings (SSSR count). The van der Waals surface area contributed by atoms with E-state index < -0.39 is 0 Å². The average Bonchev–Trinajstić information content (AvgIpc) is 3.31. The van der Waals surface area contributed by atoms with E-state index in [4.69, 9.17) is 4.98 Å². The van der Waals surface area contributed by atoms with Gasteiger partial charge in [0.25, 0.3) is 0 Å². The predicted octanol–water partition coefficient (Wildman–Crippen LogP) is 6.18. The lowest BCUT2D eigenvalue weighted by Gasteiger charge is -2.27. The molecule has 2 N–H and O–H groups in total. The van der Waals surface area contributed by atoms with Crippen LogP contribution in [0.15, 0.2) is 47.6 Å². The first-order chi connectivity index (χ1) is 13.6. The van der Waals surface area contributed by atoms with Crippen LogP contribution < -0.4 is 10.6 Å². The second-order valence-corrected chi connectivity index (χ2v) is 9.00. The molecule has 1 aliphatic heterocycles. The van der Waals surface area contributed by atoms with Crippen LogP contribution in [0.25, 0.3) is 10.2 Å². The van der Waals surface area contributed by atoms with Gasteiger partial charge in [-0.2, -0.15) is 0 Å². The number of hydrogen-bond donors (Lipinski definition) is 2. The van der Waals surface area contributed by atoms with E-state index >= 15 is 0 Å². The lowest BCUT2D eigenvalue weighted by molar-refractivity contribution is 0.367. The van der Waals surface area contributed by atoms with E-state index in [9.17, 15) is 0 Å². The van der Waals surface area contributed by atoms with Crippen LogP contribution in [0, 0.1) is 0 Å². The first kappa shape index (κ1) is 19.1. The Hall–Kier alpha value is -2.25. The van der Waals surface area contributed by atoms with Crippen molar-refractivity contribution in [3.8, 4) is 0 Å². The maximum absolute atomic E-state index is 4.72. The van der Waals surface area contributed by atoms with Crippen LogP contribution in [0.5, 0.6) is 0 Å². The molecular weight excluding hydrogens is 386 g/mol. The Kier molecular flexibility index (Phi) is 5.73. The number of aromatic nitrogens is 2. The highest BCUT2D eigenvalue weighted by molar-refractivity contribution is 8.02. The maximum atomic E-state index is 4.72. The SMILES string of the molecule is CCCN1C=CSC1c1cnc(Nc2ccc3ncsc3c2)cc1NC(C)C. The second kappa shape index (κ2) is 8.41. The Balaban J connectivity index is 1.62. The number of fused-ring (bicyclic) bond motifs is 1. The molecule has 1 unspecified atom stereocenters. The summed E-state index contributed by atoms with van der Waals surface area (Å²) in [4.78, 5) is 11.4. The molecule has 0 bridgehead atoms. The number of hydrogen-bond acceptors (Lipinski definition) is 7. The number of benzene rings is 1. The van der Waals surface area contributed by atoms with E-state index in [1.54, 1.807) is 11.3 Å². The monoisotopic (exact) mass is 411 g/mol. The number of anilines is 3. The zero-order valence-electron chi connectivity index (χ0n) is 16.3. The number of pyridine rings is 1. The molecule has 3 aromatic rings. The van der Waals surface area contributed by atoms with E-state index in [0.29, 0.717) is 6.04 Å². The number of nitrogens with one attached hydrogen (secondary N) is 2. The fourth-order valence-corrected chi connectivity index (χ4v) is 5.05. The zero-order valence-corrected chi connectivity index (χ0v) is 18.0. The smallest absolute Gasteiger partial charge is 0.132 e. The van der Waals surface area contributed by atoms with E-state index in [1.807, 2.05) is 35.6 Å². The van der Waals surface area contributed by atoms with Crippen molar-refractivity contribution in [2.75, 3.05) is 17.2 Å². The fraction of sp³-hybridized carbons (Fsp3) is 0.333. The third-order valence-corrected chi connectivity index (χ3v) is 6.34. The quantitative estimate of drug-likeness (QED) is 0.484. The van der Waals surface area contributed by atoms with Crippen LogP contribution in [-0.2, 0) is 0 Å². The lowest BCUT2D eigenvalue weighted by Crippen LogP contribution is -2.21. The van der Waals surface area contributed by atoms with Gasteiger partial charge in [0.2, 0.25) is 0 Å². The van der Waals surface area contributed by atoms with Crippen molar-refractivity contribution in [1.82, 2.24) is 14.9 Å². The van der Waals surface area contributed by atoms with Crippen molar-refractivity contribution in [2.24, 2.45) is 0 Å². The van der Waals surface area contributed by atoms with Gasteiger partial charge in [0.1, 0.15) is 11.2 Å². The fourth-order valence-electron chi connectivity index (χ4n) is 3.29. The van der Waals surface area contributed by atoms with Gasteiger partial charge in [0, 0.05) is 48.0 Å². The van der Waals surface area contributed by atoms with Gasteiger partial charge in [0.15, 0.2) is 0 Å². The van der Waals surface area contributed by atoms with Gasteiger partial charge in [-0.05, 0) is 43.9 Å². The Morgan fingerprint density at radius 1 is 1.21 bits per heavy atom. The van der Waals surface area contributed by atoms with Crippen molar-refractivity contribution in [3.63, 3.8) is 0 Å². The predicted molar refractivity (Wildman–Crippen MR) is 122 cm³/mol. The number of rotatable bonds is 7. The minimum atomic E-state index is 0.274. The molecule has 0 amide bonds. The van der Waals surface area contributed by atoms with Crippen molar-refractivity contribution < 1.29 is 0 Å². The Morgan fingerprint density at radius 2 is 2.11 bits per heavy atom. The van der Waals surface area contributed by atoms with Crippen LogP contribution in [0.3, 0.4) is 0 Å². The normalized spacial score (nSPS) is 16.3. The van der Waals surface area contributed by atoms with Crippen LogP contribution in [0.4, 0.5) is 17.2 Å². The Bertz CT molecular complexity index is 982. The summed E-state index contributed by atoms with van der Waals surface area (Å²) in [5, 5.41) is 9.51. The summed E-state index contributed by atoms with van der Waals surface area (Å²) in [5.74, 6) is 0.841. The van der Waals surface area contributed by atoms with Gasteiger partial charge in [-0.1, -0.05) is 6.92 Å². The van der Waals surface area contributed by atoms with Crippen molar-refractivity contribution in [1.29, 1.82) is 0 Å². The first-order valence-corrected chi connectivity index (χ1v) is 11.4. The molecule has 2 aromatic heterocycles. The van der Waals surface area contributed by atoms with Gasteiger partial charge in [-0.15, -0.1) is 23.1 Å². The summed E-state index contributed by atoms with van der Waals surface area (Å²) in [6.07, 6.45) is 5.32. The maximum Gasteiger partial charge on any atom is 0.132 e. The molecule has 0 aliphatic carbocycles. The third-order valence-electron chi connectivity index (χ3n) is 4.49. The van der Waals surface area contributed by atoms with Crippen molar-refractivity contribution in [2.45, 2.75) is 38.6 Å². The summed E-state index contributed by atoms with van der Waals surface area (Å²) in [6.45, 7) is 7.59. The number of thioether (sulfide) groups is 1. The highest BCUT2D eigenvalue weighted by atomic mass is 32.2. The van der Waals surface area contributed by atoms with Gasteiger partial charge >= 0.3 is 0 Å². The largest absolute Gasteiger partial charge is 0.382 e. The summed E-state index contributed by atoms with van der Waals surface area (Å²) < 4.78 is 1.17. The standard InChI is InChI=1S/C21H25N5S2/c1-4-7-26-8-9-27-21(26)16-12-22-20(11-18(16)24-14(2)3)25-15-5-6-17-19(10-15)28-13-23-17/h5-6,8-14,21H,4,7H2,1-3H3,(H2,22,24,25). The molecule has 0 saturated heterocycles. The topological polar surface area (TPSA) is 53.1 Å². The average molecular weight is 412 g/mol. The molecule has 146 valence electrons. The molecule has 7 heteroatoms. The summed E-state index contributed by atoms with van der Waals surface area (Å²) in [5.41, 5.74) is 6.29. The van der Waals surface area contributed by atoms with Crippen molar-refractivity contribution in [3.05, 3.63) is 53.1 Å². The molecule has 28 heavy (non-hydrogen) atoms. The van der Waals surface area contributed by atoms with Crippen LogP contribution >= 0.6 is 23.1 Å². The molecule has 0 fully saturated rings. The van der Waals surface area contributed by atoms with Crippen LogP contribution in [-0.4, -0.2) is 27.5 Å². The Labute approximate surface area is 174 Å². The summed E-state index contributed by atoms with van der Waals surface area (Å²) in [7, 11) is 0. The van der Waals surface area contributed by atoms with E-state index in [-0.39, 0.29) is 5.37 Å². The molecule has 5 nitrogen and oxygen atoms in total. The second-order valence-electron chi connectivity index (χ2n) is 7.13. The molecule has 0 saturated carbocycles. The van der Waals surface area contributed by atoms with Crippen molar-refractivity contribution >= 4 is 50.5 Å². The minimum Gasteiger partial charge on any atom is -0.382 e. The number of nitrogens with zero attached hydrogens (tertiary/aromatic N) is 3. The van der Waals surface area contributed by atoms with E-state index in [0.717, 1.165) is 35.7 Å². The van der Waals surface area contributed by atoms with Crippen LogP contribution in [0.1, 0.15) is 38.1 Å². The van der Waals surface area contributed by atoms with Gasteiger partial charge < -0.3 is 15.5 Å². The van der Waals surface area contributed by atoms with Gasteiger partial charge in [-0.25, -0.2) is 9.97 Å². The molecular formula is C21H25N5S2. The summed E-state index contributed by atoms with van der Waals surface area (Å²) in [6, 6.07) is 8.68. The minimum absolute atomic E-state index is 0.274. The number of thiazole rings is 1.